The number of para-hydroxylation sites is 2. The standard InChI is InChI=1S/C19H21N3O/c1-4-22(17-11-7-5-9-14(17)2)19(23)20-16-13-21(3)18-12-8-6-10-15(16)18/h5-13H,4H2,1-3H3,(H,20,23). The Hall–Kier alpha value is -2.75. The van der Waals surface area contributed by atoms with Crippen LogP contribution < -0.4 is 10.2 Å². The predicted octanol–water partition coefficient (Wildman–Crippen LogP) is 4.55. The van der Waals surface area contributed by atoms with Gasteiger partial charge in [-0.05, 0) is 31.5 Å². The third-order valence-corrected chi connectivity index (χ3v) is 4.11. The van der Waals surface area contributed by atoms with E-state index in [1.54, 1.807) is 4.90 Å². The van der Waals surface area contributed by atoms with E-state index in [1.807, 2.05) is 80.2 Å². The molecule has 0 radical (unpaired) electrons. The summed E-state index contributed by atoms with van der Waals surface area (Å²) in [6, 6.07) is 15.9. The van der Waals surface area contributed by atoms with Crippen LogP contribution in [0, 0.1) is 6.92 Å². The number of rotatable bonds is 3. The van der Waals surface area contributed by atoms with Crippen molar-refractivity contribution >= 4 is 28.3 Å². The number of nitrogens with zero attached hydrogens (tertiary/aromatic N) is 2. The third kappa shape index (κ3) is 2.80. The number of fused-ring (bicyclic) bond motifs is 1. The molecule has 3 rings (SSSR count). The second-order valence-corrected chi connectivity index (χ2v) is 5.63. The average molecular weight is 307 g/mol. The van der Waals surface area contributed by atoms with Crippen molar-refractivity contribution in [2.24, 2.45) is 7.05 Å². The molecular weight excluding hydrogens is 286 g/mol. The number of nitrogens with one attached hydrogen (secondary N) is 1. The molecule has 0 fully saturated rings. The summed E-state index contributed by atoms with van der Waals surface area (Å²) in [5, 5.41) is 4.09. The van der Waals surface area contributed by atoms with E-state index in [1.165, 1.54) is 0 Å². The maximum Gasteiger partial charge on any atom is 0.326 e. The lowest BCUT2D eigenvalue weighted by atomic mass is 10.2. The van der Waals surface area contributed by atoms with Gasteiger partial charge in [-0.3, -0.25) is 4.90 Å². The lowest BCUT2D eigenvalue weighted by Gasteiger charge is -2.23. The van der Waals surface area contributed by atoms with Gasteiger partial charge in [0, 0.05) is 36.4 Å². The Morgan fingerprint density at radius 2 is 1.83 bits per heavy atom. The number of urea groups is 1. The third-order valence-electron chi connectivity index (χ3n) is 4.11. The minimum atomic E-state index is -0.113. The van der Waals surface area contributed by atoms with Crippen LogP contribution in [0.4, 0.5) is 16.2 Å². The monoisotopic (exact) mass is 307 g/mol. The second-order valence-electron chi connectivity index (χ2n) is 5.63. The molecular formula is C19H21N3O. The van der Waals surface area contributed by atoms with Crippen molar-refractivity contribution < 1.29 is 4.79 Å². The van der Waals surface area contributed by atoms with E-state index in [2.05, 4.69) is 5.32 Å². The molecule has 0 atom stereocenters. The zero-order chi connectivity index (χ0) is 16.4. The highest BCUT2D eigenvalue weighted by Gasteiger charge is 2.17. The van der Waals surface area contributed by atoms with Gasteiger partial charge in [-0.25, -0.2) is 4.79 Å². The van der Waals surface area contributed by atoms with Crippen molar-refractivity contribution in [3.8, 4) is 0 Å². The minimum Gasteiger partial charge on any atom is -0.348 e. The first-order chi connectivity index (χ1) is 11.1. The SMILES string of the molecule is CCN(C(=O)Nc1cn(C)c2ccccc12)c1ccccc1C. The Morgan fingerprint density at radius 1 is 1.13 bits per heavy atom. The van der Waals surface area contributed by atoms with Crippen LogP contribution >= 0.6 is 0 Å². The number of hydrogen-bond donors (Lipinski definition) is 1. The highest BCUT2D eigenvalue weighted by molar-refractivity contribution is 6.07. The van der Waals surface area contributed by atoms with E-state index in [0.717, 1.165) is 27.8 Å². The van der Waals surface area contributed by atoms with E-state index in [4.69, 9.17) is 0 Å². The lowest BCUT2D eigenvalue weighted by Crippen LogP contribution is -2.35. The normalized spacial score (nSPS) is 10.7. The van der Waals surface area contributed by atoms with Crippen LogP contribution in [0.5, 0.6) is 0 Å². The molecule has 0 aliphatic heterocycles. The Balaban J connectivity index is 1.92. The molecule has 0 aliphatic rings. The number of hydrogen-bond acceptors (Lipinski definition) is 1. The van der Waals surface area contributed by atoms with Gasteiger partial charge in [0.15, 0.2) is 0 Å². The summed E-state index contributed by atoms with van der Waals surface area (Å²) in [5.41, 5.74) is 3.96. The molecule has 3 aromatic rings. The van der Waals surface area contributed by atoms with Crippen molar-refractivity contribution in [2.45, 2.75) is 13.8 Å². The van der Waals surface area contributed by atoms with E-state index in [0.29, 0.717) is 6.54 Å². The van der Waals surface area contributed by atoms with Crippen molar-refractivity contribution in [3.63, 3.8) is 0 Å². The quantitative estimate of drug-likeness (QED) is 0.757. The van der Waals surface area contributed by atoms with Crippen LogP contribution in [0.25, 0.3) is 10.9 Å². The van der Waals surface area contributed by atoms with Crippen LogP contribution in [0.15, 0.2) is 54.7 Å². The Morgan fingerprint density at radius 3 is 2.57 bits per heavy atom. The topological polar surface area (TPSA) is 37.3 Å². The molecule has 1 aromatic heterocycles. The maximum atomic E-state index is 12.8. The zero-order valence-electron chi connectivity index (χ0n) is 13.7. The van der Waals surface area contributed by atoms with Gasteiger partial charge in [-0.2, -0.15) is 0 Å². The Bertz CT molecular complexity index is 851. The number of benzene rings is 2. The van der Waals surface area contributed by atoms with Gasteiger partial charge in [0.2, 0.25) is 0 Å². The van der Waals surface area contributed by atoms with Crippen molar-refractivity contribution in [1.82, 2.24) is 4.57 Å². The van der Waals surface area contributed by atoms with Crippen LogP contribution in [0.1, 0.15) is 12.5 Å². The number of aryl methyl sites for hydroxylation is 2. The molecule has 2 aromatic carbocycles. The van der Waals surface area contributed by atoms with Gasteiger partial charge in [-0.1, -0.05) is 36.4 Å². The summed E-state index contributed by atoms with van der Waals surface area (Å²) >= 11 is 0. The number of carbonyl (C=O) groups excluding carboxylic acids is 1. The molecule has 1 heterocycles. The fourth-order valence-electron chi connectivity index (χ4n) is 2.91. The Labute approximate surface area is 136 Å². The van der Waals surface area contributed by atoms with E-state index in [-0.39, 0.29) is 6.03 Å². The van der Waals surface area contributed by atoms with Gasteiger partial charge in [-0.15, -0.1) is 0 Å². The summed E-state index contributed by atoms with van der Waals surface area (Å²) in [7, 11) is 1.98. The fourth-order valence-corrected chi connectivity index (χ4v) is 2.91. The van der Waals surface area contributed by atoms with E-state index >= 15 is 0 Å². The van der Waals surface area contributed by atoms with Crippen LogP contribution in [0.2, 0.25) is 0 Å². The highest BCUT2D eigenvalue weighted by atomic mass is 16.2. The molecule has 4 heteroatoms. The minimum absolute atomic E-state index is 0.113. The molecule has 118 valence electrons. The maximum absolute atomic E-state index is 12.8. The predicted molar refractivity (Wildman–Crippen MR) is 96.1 cm³/mol. The van der Waals surface area contributed by atoms with Crippen molar-refractivity contribution in [3.05, 3.63) is 60.3 Å². The Kier molecular flexibility index (Phi) is 4.06. The molecule has 0 spiro atoms. The van der Waals surface area contributed by atoms with Crippen LogP contribution in [-0.4, -0.2) is 17.1 Å². The van der Waals surface area contributed by atoms with Gasteiger partial charge in [0.05, 0.1) is 5.69 Å². The number of amides is 2. The second kappa shape index (κ2) is 6.16. The average Bonchev–Trinajstić information content (AvgIpc) is 2.86. The summed E-state index contributed by atoms with van der Waals surface area (Å²) in [6.07, 6.45) is 1.95. The van der Waals surface area contributed by atoms with E-state index in [9.17, 15) is 4.79 Å². The molecule has 0 aliphatic carbocycles. The zero-order valence-corrected chi connectivity index (χ0v) is 13.7. The van der Waals surface area contributed by atoms with Crippen molar-refractivity contribution in [2.75, 3.05) is 16.8 Å². The smallest absolute Gasteiger partial charge is 0.326 e. The first kappa shape index (κ1) is 15.2. The molecule has 4 nitrogen and oxygen atoms in total. The fraction of sp³-hybridized carbons (Fsp3) is 0.211. The molecule has 0 saturated carbocycles. The first-order valence-electron chi connectivity index (χ1n) is 7.80. The lowest BCUT2D eigenvalue weighted by molar-refractivity contribution is 0.257. The summed E-state index contributed by atoms with van der Waals surface area (Å²) < 4.78 is 2.02. The first-order valence-corrected chi connectivity index (χ1v) is 7.80. The van der Waals surface area contributed by atoms with Crippen LogP contribution in [0.3, 0.4) is 0 Å². The van der Waals surface area contributed by atoms with Crippen LogP contribution in [-0.2, 0) is 7.05 Å². The molecule has 0 saturated heterocycles. The number of carbonyl (C=O) groups is 1. The number of anilines is 2. The van der Waals surface area contributed by atoms with Gasteiger partial charge in [0.1, 0.15) is 0 Å². The summed E-state index contributed by atoms with van der Waals surface area (Å²) in [6.45, 7) is 4.61. The molecule has 2 amide bonds. The van der Waals surface area contributed by atoms with Gasteiger partial charge < -0.3 is 9.88 Å². The van der Waals surface area contributed by atoms with Gasteiger partial charge >= 0.3 is 6.03 Å². The highest BCUT2D eigenvalue weighted by Crippen LogP contribution is 2.26. The largest absolute Gasteiger partial charge is 0.348 e. The molecule has 0 bridgehead atoms. The summed E-state index contributed by atoms with van der Waals surface area (Å²) in [4.78, 5) is 14.5. The number of aromatic nitrogens is 1. The van der Waals surface area contributed by atoms with E-state index < -0.39 is 0 Å². The summed E-state index contributed by atoms with van der Waals surface area (Å²) in [5.74, 6) is 0. The molecule has 1 N–H and O–H groups in total. The molecule has 23 heavy (non-hydrogen) atoms. The van der Waals surface area contributed by atoms with Crippen molar-refractivity contribution in [1.29, 1.82) is 0 Å². The van der Waals surface area contributed by atoms with Gasteiger partial charge in [0.25, 0.3) is 0 Å². The molecule has 0 unspecified atom stereocenters.